The molecule has 88 valence electrons. The van der Waals surface area contributed by atoms with Crippen molar-refractivity contribution in [3.63, 3.8) is 0 Å². The van der Waals surface area contributed by atoms with E-state index in [0.717, 1.165) is 32.5 Å². The van der Waals surface area contributed by atoms with E-state index in [2.05, 4.69) is 44.1 Å². The average molecular weight is 299 g/mol. The molecule has 3 aromatic rings. The summed E-state index contributed by atoms with van der Waals surface area (Å²) in [6.07, 6.45) is 0. The van der Waals surface area contributed by atoms with E-state index in [9.17, 15) is 0 Å². The van der Waals surface area contributed by atoms with Crippen molar-refractivity contribution in [3.8, 4) is 11.3 Å². The molecule has 0 bridgehead atoms. The summed E-state index contributed by atoms with van der Waals surface area (Å²) >= 11 is 3.45. The van der Waals surface area contributed by atoms with Gasteiger partial charge < -0.3 is 0 Å². The lowest BCUT2D eigenvalue weighted by Gasteiger charge is -2.07. The van der Waals surface area contributed by atoms with Crippen LogP contribution in [0.25, 0.3) is 22.2 Å². The summed E-state index contributed by atoms with van der Waals surface area (Å²) in [5.41, 5.74) is 3.09. The Hall–Kier alpha value is -1.74. The highest BCUT2D eigenvalue weighted by atomic mass is 79.9. The second kappa shape index (κ2) is 4.50. The number of fused-ring (bicyclic) bond motifs is 1. The summed E-state index contributed by atoms with van der Waals surface area (Å²) in [5, 5.41) is 1.09. The van der Waals surface area contributed by atoms with Gasteiger partial charge in [0.05, 0.1) is 11.2 Å². The maximum Gasteiger partial charge on any atom is 0.126 e. The zero-order chi connectivity index (χ0) is 12.5. The summed E-state index contributed by atoms with van der Waals surface area (Å²) in [6.45, 7) is 1.93. The molecule has 0 N–H and O–H groups in total. The highest BCUT2D eigenvalue weighted by molar-refractivity contribution is 9.10. The Morgan fingerprint density at radius 2 is 1.61 bits per heavy atom. The molecular weight excluding hydrogens is 288 g/mol. The molecule has 1 heterocycles. The number of para-hydroxylation sites is 1. The molecule has 3 rings (SSSR count). The van der Waals surface area contributed by atoms with Crippen LogP contribution in [0.5, 0.6) is 0 Å². The maximum atomic E-state index is 4.57. The molecule has 0 spiro atoms. The Kier molecular flexibility index (Phi) is 2.84. The van der Waals surface area contributed by atoms with Gasteiger partial charge in [0.2, 0.25) is 0 Å². The van der Waals surface area contributed by atoms with Crippen molar-refractivity contribution in [3.05, 3.63) is 58.8 Å². The Morgan fingerprint density at radius 3 is 2.39 bits per heavy atom. The van der Waals surface area contributed by atoms with Gasteiger partial charge in [0.15, 0.2) is 0 Å². The normalized spacial score (nSPS) is 10.8. The van der Waals surface area contributed by atoms with Crippen LogP contribution in [-0.2, 0) is 0 Å². The zero-order valence-electron chi connectivity index (χ0n) is 9.89. The number of halogens is 1. The molecule has 18 heavy (non-hydrogen) atoms. The molecule has 1 aromatic heterocycles. The lowest BCUT2D eigenvalue weighted by atomic mass is 10.1. The number of aromatic nitrogens is 2. The highest BCUT2D eigenvalue weighted by Crippen LogP contribution is 2.26. The molecule has 0 radical (unpaired) electrons. The van der Waals surface area contributed by atoms with Crippen molar-refractivity contribution in [2.24, 2.45) is 0 Å². The first-order valence-electron chi connectivity index (χ1n) is 5.73. The molecule has 3 heteroatoms. The van der Waals surface area contributed by atoms with Gasteiger partial charge in [0.25, 0.3) is 0 Å². The van der Waals surface area contributed by atoms with Gasteiger partial charge in [-0.05, 0) is 25.1 Å². The van der Waals surface area contributed by atoms with Gasteiger partial charge in [-0.25, -0.2) is 9.97 Å². The van der Waals surface area contributed by atoms with E-state index in [1.165, 1.54) is 0 Å². The van der Waals surface area contributed by atoms with E-state index in [-0.39, 0.29) is 0 Å². The smallest absolute Gasteiger partial charge is 0.126 e. The van der Waals surface area contributed by atoms with Crippen LogP contribution < -0.4 is 0 Å². The fourth-order valence-electron chi connectivity index (χ4n) is 2.02. The number of nitrogens with zero attached hydrogens (tertiary/aromatic N) is 2. The standard InChI is InChI=1S/C15H11BrN2/c1-10-17-14-5-3-2-4-13(14)15(18-10)11-6-8-12(16)9-7-11/h2-9H,1H3. The number of hydrogen-bond donors (Lipinski definition) is 0. The van der Waals surface area contributed by atoms with Crippen LogP contribution in [0, 0.1) is 6.92 Å². The van der Waals surface area contributed by atoms with E-state index in [1.54, 1.807) is 0 Å². The highest BCUT2D eigenvalue weighted by Gasteiger charge is 2.07. The van der Waals surface area contributed by atoms with Crippen LogP contribution in [0.15, 0.2) is 53.0 Å². The quantitative estimate of drug-likeness (QED) is 0.667. The number of benzene rings is 2. The molecule has 0 unspecified atom stereocenters. The predicted octanol–water partition coefficient (Wildman–Crippen LogP) is 4.37. The summed E-state index contributed by atoms with van der Waals surface area (Å²) in [5.74, 6) is 0.798. The summed E-state index contributed by atoms with van der Waals surface area (Å²) in [6, 6.07) is 16.3. The average Bonchev–Trinajstić information content (AvgIpc) is 2.38. The second-order valence-corrected chi connectivity index (χ2v) is 5.06. The van der Waals surface area contributed by atoms with E-state index in [4.69, 9.17) is 0 Å². The Bertz CT molecular complexity index is 705. The van der Waals surface area contributed by atoms with Gasteiger partial charge in [-0.15, -0.1) is 0 Å². The third kappa shape index (κ3) is 2.02. The molecule has 0 saturated carbocycles. The van der Waals surface area contributed by atoms with Gasteiger partial charge in [-0.2, -0.15) is 0 Å². The zero-order valence-corrected chi connectivity index (χ0v) is 11.5. The molecule has 2 aromatic carbocycles. The van der Waals surface area contributed by atoms with Gasteiger partial charge in [0, 0.05) is 15.4 Å². The molecule has 0 saturated heterocycles. The SMILES string of the molecule is Cc1nc(-c2ccc(Br)cc2)c2ccccc2n1. The minimum Gasteiger partial charge on any atom is -0.233 e. The first-order valence-corrected chi connectivity index (χ1v) is 6.53. The third-order valence-electron chi connectivity index (χ3n) is 2.83. The molecule has 0 amide bonds. The number of aryl methyl sites for hydroxylation is 1. The van der Waals surface area contributed by atoms with E-state index < -0.39 is 0 Å². The van der Waals surface area contributed by atoms with Crippen molar-refractivity contribution in [1.29, 1.82) is 0 Å². The molecule has 0 atom stereocenters. The lowest BCUT2D eigenvalue weighted by Crippen LogP contribution is -1.93. The third-order valence-corrected chi connectivity index (χ3v) is 3.36. The van der Waals surface area contributed by atoms with Crippen molar-refractivity contribution in [2.45, 2.75) is 6.92 Å². The van der Waals surface area contributed by atoms with Crippen LogP contribution >= 0.6 is 15.9 Å². The molecule has 0 aliphatic carbocycles. The Labute approximate surface area is 114 Å². The topological polar surface area (TPSA) is 25.8 Å². The maximum absolute atomic E-state index is 4.57. The fraction of sp³-hybridized carbons (Fsp3) is 0.0667. The summed E-state index contributed by atoms with van der Waals surface area (Å²) in [4.78, 5) is 9.03. The Morgan fingerprint density at radius 1 is 0.889 bits per heavy atom. The van der Waals surface area contributed by atoms with Crippen LogP contribution in [0.1, 0.15) is 5.82 Å². The molecule has 0 aliphatic heterocycles. The monoisotopic (exact) mass is 298 g/mol. The minimum absolute atomic E-state index is 0.798. The molecular formula is C15H11BrN2. The van der Waals surface area contributed by atoms with E-state index in [1.807, 2.05) is 37.3 Å². The van der Waals surface area contributed by atoms with Crippen molar-refractivity contribution in [1.82, 2.24) is 9.97 Å². The van der Waals surface area contributed by atoms with Gasteiger partial charge in [-0.3, -0.25) is 0 Å². The van der Waals surface area contributed by atoms with Crippen LogP contribution in [-0.4, -0.2) is 9.97 Å². The Balaban J connectivity index is 2.31. The van der Waals surface area contributed by atoms with Crippen molar-refractivity contribution in [2.75, 3.05) is 0 Å². The van der Waals surface area contributed by atoms with Gasteiger partial charge >= 0.3 is 0 Å². The number of rotatable bonds is 1. The van der Waals surface area contributed by atoms with Gasteiger partial charge in [0.1, 0.15) is 5.82 Å². The largest absolute Gasteiger partial charge is 0.233 e. The number of hydrogen-bond acceptors (Lipinski definition) is 2. The summed E-state index contributed by atoms with van der Waals surface area (Å²) in [7, 11) is 0. The molecule has 2 nitrogen and oxygen atoms in total. The van der Waals surface area contributed by atoms with Crippen molar-refractivity contribution < 1.29 is 0 Å². The van der Waals surface area contributed by atoms with Crippen LogP contribution in [0.2, 0.25) is 0 Å². The van der Waals surface area contributed by atoms with Crippen molar-refractivity contribution >= 4 is 26.8 Å². The van der Waals surface area contributed by atoms with Gasteiger partial charge in [-0.1, -0.05) is 46.3 Å². The lowest BCUT2D eigenvalue weighted by molar-refractivity contribution is 1.10. The van der Waals surface area contributed by atoms with Crippen LogP contribution in [0.3, 0.4) is 0 Å². The first kappa shape index (κ1) is 11.4. The fourth-order valence-corrected chi connectivity index (χ4v) is 2.28. The first-order chi connectivity index (χ1) is 8.74. The second-order valence-electron chi connectivity index (χ2n) is 4.14. The summed E-state index contributed by atoms with van der Waals surface area (Å²) < 4.78 is 1.07. The minimum atomic E-state index is 0.798. The predicted molar refractivity (Wildman–Crippen MR) is 77.4 cm³/mol. The molecule has 0 aliphatic rings. The van der Waals surface area contributed by atoms with E-state index >= 15 is 0 Å². The van der Waals surface area contributed by atoms with Crippen LogP contribution in [0.4, 0.5) is 0 Å². The van der Waals surface area contributed by atoms with E-state index in [0.29, 0.717) is 0 Å². The molecule has 0 fully saturated rings.